The van der Waals surface area contributed by atoms with Crippen LogP contribution in [0.4, 0.5) is 11.4 Å². The summed E-state index contributed by atoms with van der Waals surface area (Å²) in [4.78, 5) is 24.4. The predicted molar refractivity (Wildman–Crippen MR) is 99.8 cm³/mol. The van der Waals surface area contributed by atoms with Gasteiger partial charge in [0.15, 0.2) is 0 Å². The van der Waals surface area contributed by atoms with E-state index in [2.05, 4.69) is 0 Å². The van der Waals surface area contributed by atoms with Gasteiger partial charge in [-0.1, -0.05) is 42.5 Å². The molecule has 0 aliphatic heterocycles. The van der Waals surface area contributed by atoms with Crippen LogP contribution in [0.25, 0.3) is 11.1 Å². The number of nitrogen functional groups attached to an aromatic ring is 1. The summed E-state index contributed by atoms with van der Waals surface area (Å²) in [5.74, 6) is -1.27. The van der Waals surface area contributed by atoms with E-state index in [1.165, 1.54) is 24.3 Å². The minimum absolute atomic E-state index is 0.176. The van der Waals surface area contributed by atoms with Crippen molar-refractivity contribution in [2.45, 2.75) is 0 Å². The van der Waals surface area contributed by atoms with Crippen LogP contribution >= 0.6 is 0 Å². The largest absolute Gasteiger partial charge is 0.397 e. The van der Waals surface area contributed by atoms with Crippen molar-refractivity contribution in [1.29, 1.82) is 0 Å². The van der Waals surface area contributed by atoms with Crippen LogP contribution in [0.15, 0.2) is 72.8 Å². The van der Waals surface area contributed by atoms with Crippen molar-refractivity contribution in [3.8, 4) is 11.1 Å². The number of anilines is 2. The molecular weight excluding hydrogens is 330 g/mol. The fourth-order valence-corrected chi connectivity index (χ4v) is 2.64. The van der Waals surface area contributed by atoms with E-state index in [1.807, 2.05) is 18.2 Å². The van der Waals surface area contributed by atoms with Crippen LogP contribution in [-0.4, -0.2) is 17.0 Å². The maximum Gasteiger partial charge on any atom is 0.282 e. The molecule has 0 atom stereocenters. The number of nitrogens with zero attached hydrogens (tertiary/aromatic N) is 1. The zero-order valence-electron chi connectivity index (χ0n) is 13.8. The summed E-state index contributed by atoms with van der Waals surface area (Å²) in [6, 6.07) is 20.0. The SMILES string of the molecule is NC(=O)c1ccc(C(=O)N(O)c2ccccc2N)c(-c2ccccc2)c1. The number of hydroxylamine groups is 1. The van der Waals surface area contributed by atoms with Crippen LogP contribution in [0.5, 0.6) is 0 Å². The highest BCUT2D eigenvalue weighted by molar-refractivity contribution is 6.10. The molecule has 6 nitrogen and oxygen atoms in total. The lowest BCUT2D eigenvalue weighted by atomic mass is 9.96. The summed E-state index contributed by atoms with van der Waals surface area (Å²) < 4.78 is 0. The Labute approximate surface area is 150 Å². The Morgan fingerprint density at radius 1 is 0.885 bits per heavy atom. The van der Waals surface area contributed by atoms with E-state index in [9.17, 15) is 14.8 Å². The summed E-state index contributed by atoms with van der Waals surface area (Å²) in [7, 11) is 0. The van der Waals surface area contributed by atoms with Crippen molar-refractivity contribution in [3.63, 3.8) is 0 Å². The normalized spacial score (nSPS) is 10.3. The Hall–Kier alpha value is -3.64. The molecule has 0 aliphatic carbocycles. The smallest absolute Gasteiger partial charge is 0.282 e. The van der Waals surface area contributed by atoms with Gasteiger partial charge in [-0.2, -0.15) is 5.06 Å². The second kappa shape index (κ2) is 7.08. The van der Waals surface area contributed by atoms with Crippen molar-refractivity contribution >= 4 is 23.2 Å². The number of amides is 2. The van der Waals surface area contributed by atoms with Crippen LogP contribution < -0.4 is 16.5 Å². The number of rotatable bonds is 4. The number of carbonyl (C=O) groups is 2. The summed E-state index contributed by atoms with van der Waals surface area (Å²) in [5, 5.41) is 10.9. The third-order valence-electron chi connectivity index (χ3n) is 3.98. The highest BCUT2D eigenvalue weighted by atomic mass is 16.5. The Morgan fingerprint density at radius 2 is 1.54 bits per heavy atom. The molecule has 0 aliphatic rings. The lowest BCUT2D eigenvalue weighted by Gasteiger charge is -2.19. The third kappa shape index (κ3) is 3.26. The van der Waals surface area contributed by atoms with Crippen molar-refractivity contribution in [2.75, 3.05) is 10.8 Å². The van der Waals surface area contributed by atoms with E-state index in [0.717, 1.165) is 0 Å². The molecule has 2 amide bonds. The molecule has 0 saturated heterocycles. The number of carbonyl (C=O) groups excluding carboxylic acids is 2. The summed E-state index contributed by atoms with van der Waals surface area (Å²) >= 11 is 0. The van der Waals surface area contributed by atoms with Gasteiger partial charge in [0, 0.05) is 5.56 Å². The van der Waals surface area contributed by atoms with Crippen molar-refractivity contribution in [2.24, 2.45) is 5.73 Å². The van der Waals surface area contributed by atoms with Crippen LogP contribution in [0, 0.1) is 0 Å². The van der Waals surface area contributed by atoms with Gasteiger partial charge in [0.2, 0.25) is 5.91 Å². The first kappa shape index (κ1) is 17.2. The van der Waals surface area contributed by atoms with Crippen LogP contribution in [0.2, 0.25) is 0 Å². The molecule has 5 N–H and O–H groups in total. The summed E-state index contributed by atoms with van der Waals surface area (Å²) in [6.45, 7) is 0. The molecular formula is C20H17N3O3. The Balaban J connectivity index is 2.11. The van der Waals surface area contributed by atoms with Gasteiger partial charge in [-0.3, -0.25) is 14.8 Å². The van der Waals surface area contributed by atoms with Crippen molar-refractivity contribution < 1.29 is 14.8 Å². The van der Waals surface area contributed by atoms with Gasteiger partial charge >= 0.3 is 0 Å². The molecule has 0 unspecified atom stereocenters. The van der Waals surface area contributed by atoms with E-state index in [-0.39, 0.29) is 22.5 Å². The fourth-order valence-electron chi connectivity index (χ4n) is 2.64. The van der Waals surface area contributed by atoms with Crippen molar-refractivity contribution in [1.82, 2.24) is 0 Å². The molecule has 0 bridgehead atoms. The molecule has 6 heteroatoms. The number of para-hydroxylation sites is 2. The summed E-state index contributed by atoms with van der Waals surface area (Å²) in [5.41, 5.74) is 13.3. The minimum Gasteiger partial charge on any atom is -0.397 e. The van der Waals surface area contributed by atoms with Gasteiger partial charge in [-0.05, 0) is 41.5 Å². The molecule has 26 heavy (non-hydrogen) atoms. The average molecular weight is 347 g/mol. The van der Waals surface area contributed by atoms with Crippen LogP contribution in [-0.2, 0) is 0 Å². The molecule has 0 fully saturated rings. The predicted octanol–water partition coefficient (Wildman–Crippen LogP) is 3.07. The first-order valence-corrected chi connectivity index (χ1v) is 7.86. The quantitative estimate of drug-likeness (QED) is 0.383. The lowest BCUT2D eigenvalue weighted by molar-refractivity contribution is 0.0855. The highest BCUT2D eigenvalue weighted by Gasteiger charge is 2.22. The Bertz CT molecular complexity index is 971. The van der Waals surface area contributed by atoms with E-state index in [0.29, 0.717) is 16.2 Å². The van der Waals surface area contributed by atoms with Gasteiger partial charge < -0.3 is 11.5 Å². The van der Waals surface area contributed by atoms with Crippen molar-refractivity contribution in [3.05, 3.63) is 83.9 Å². The van der Waals surface area contributed by atoms with Gasteiger partial charge in [0.1, 0.15) is 0 Å². The molecule has 0 saturated carbocycles. The zero-order valence-corrected chi connectivity index (χ0v) is 13.8. The van der Waals surface area contributed by atoms with Crippen LogP contribution in [0.1, 0.15) is 20.7 Å². The second-order valence-corrected chi connectivity index (χ2v) is 5.67. The van der Waals surface area contributed by atoms with E-state index in [4.69, 9.17) is 11.5 Å². The fraction of sp³-hybridized carbons (Fsp3) is 0. The molecule has 130 valence electrons. The molecule has 0 aromatic heterocycles. The van der Waals surface area contributed by atoms with E-state index in [1.54, 1.807) is 30.3 Å². The monoisotopic (exact) mass is 347 g/mol. The topological polar surface area (TPSA) is 110 Å². The molecule has 3 rings (SSSR count). The first-order chi connectivity index (χ1) is 12.5. The average Bonchev–Trinajstić information content (AvgIpc) is 2.67. The number of primary amides is 1. The third-order valence-corrected chi connectivity index (χ3v) is 3.98. The molecule has 0 radical (unpaired) electrons. The highest BCUT2D eigenvalue weighted by Crippen LogP contribution is 2.29. The van der Waals surface area contributed by atoms with Gasteiger partial charge in [0.05, 0.1) is 16.9 Å². The molecule has 3 aromatic rings. The maximum absolute atomic E-state index is 12.9. The Morgan fingerprint density at radius 3 is 2.19 bits per heavy atom. The number of hydrogen-bond acceptors (Lipinski definition) is 4. The standard InChI is InChI=1S/C20H17N3O3/c21-17-8-4-5-9-18(17)23(26)20(25)15-11-10-14(19(22)24)12-16(15)13-6-2-1-3-7-13/h1-12,26H,21H2,(H2,22,24). The molecule has 0 spiro atoms. The molecule has 0 heterocycles. The van der Waals surface area contributed by atoms with Gasteiger partial charge in [-0.15, -0.1) is 0 Å². The second-order valence-electron chi connectivity index (χ2n) is 5.67. The zero-order chi connectivity index (χ0) is 18.7. The van der Waals surface area contributed by atoms with Gasteiger partial charge in [-0.25, -0.2) is 0 Å². The minimum atomic E-state index is -0.669. The first-order valence-electron chi connectivity index (χ1n) is 7.86. The lowest BCUT2D eigenvalue weighted by Crippen LogP contribution is -2.28. The van der Waals surface area contributed by atoms with Crippen LogP contribution in [0.3, 0.4) is 0 Å². The Kier molecular flexibility index (Phi) is 4.68. The van der Waals surface area contributed by atoms with Gasteiger partial charge in [0.25, 0.3) is 5.91 Å². The molecule has 3 aromatic carbocycles. The number of nitrogens with two attached hydrogens (primary N) is 2. The number of hydrogen-bond donors (Lipinski definition) is 3. The summed E-state index contributed by atoms with van der Waals surface area (Å²) in [6.07, 6.45) is 0. The number of benzene rings is 3. The maximum atomic E-state index is 12.9. The van der Waals surface area contributed by atoms with E-state index >= 15 is 0 Å². The van der Waals surface area contributed by atoms with E-state index < -0.39 is 11.8 Å².